The number of nitrogens with one attached hydrogen (secondary N) is 2. The van der Waals surface area contributed by atoms with Gasteiger partial charge in [-0.1, -0.05) is 0 Å². The van der Waals surface area contributed by atoms with Crippen molar-refractivity contribution < 1.29 is 4.79 Å². The van der Waals surface area contributed by atoms with E-state index >= 15 is 0 Å². The molecule has 6 heteroatoms. The number of hydrogen-bond donors (Lipinski definition) is 2. The first-order valence-corrected chi connectivity index (χ1v) is 6.03. The zero-order valence-corrected chi connectivity index (χ0v) is 10.8. The molecule has 90 valence electrons. The summed E-state index contributed by atoms with van der Waals surface area (Å²) in [6.07, 6.45) is 2.55. The van der Waals surface area contributed by atoms with E-state index in [1.165, 1.54) is 18.5 Å². The standard InChI is InChI=1S/C10H15N3OS.ClH/c1-11-4-9(14)12-5-10-13-8(6-15-10)7-2-3-7;/h6-7,11H,2-5H2,1H3,(H,12,14);1H. The van der Waals surface area contributed by atoms with Crippen LogP contribution in [0.2, 0.25) is 0 Å². The second-order valence-electron chi connectivity index (χ2n) is 3.75. The van der Waals surface area contributed by atoms with Crippen molar-refractivity contribution in [2.75, 3.05) is 13.6 Å². The zero-order valence-electron chi connectivity index (χ0n) is 9.16. The van der Waals surface area contributed by atoms with Crippen LogP contribution in [0, 0.1) is 0 Å². The summed E-state index contributed by atoms with van der Waals surface area (Å²) in [4.78, 5) is 15.7. The predicted octanol–water partition coefficient (Wildman–Crippen LogP) is 1.28. The number of aromatic nitrogens is 1. The van der Waals surface area contributed by atoms with Gasteiger partial charge in [0.1, 0.15) is 5.01 Å². The zero-order chi connectivity index (χ0) is 10.7. The summed E-state index contributed by atoms with van der Waals surface area (Å²) in [7, 11) is 1.76. The Morgan fingerprint density at radius 1 is 1.62 bits per heavy atom. The SMILES string of the molecule is CNCC(=O)NCc1nc(C2CC2)cs1.Cl. The molecule has 1 amide bonds. The van der Waals surface area contributed by atoms with E-state index in [1.807, 2.05) is 0 Å². The Balaban J connectivity index is 0.00000128. The molecule has 2 N–H and O–H groups in total. The molecule has 0 aliphatic heterocycles. The predicted molar refractivity (Wildman–Crippen MR) is 67.1 cm³/mol. The van der Waals surface area contributed by atoms with Gasteiger partial charge in [0, 0.05) is 11.3 Å². The Hall–Kier alpha value is -0.650. The van der Waals surface area contributed by atoms with Crippen molar-refractivity contribution in [2.24, 2.45) is 0 Å². The van der Waals surface area contributed by atoms with Gasteiger partial charge in [0.2, 0.25) is 5.91 Å². The molecular formula is C10H16ClN3OS. The van der Waals surface area contributed by atoms with Gasteiger partial charge in [0.05, 0.1) is 18.8 Å². The maximum absolute atomic E-state index is 11.2. The molecule has 0 atom stereocenters. The molecule has 0 unspecified atom stereocenters. The minimum absolute atomic E-state index is 0. The van der Waals surface area contributed by atoms with Gasteiger partial charge in [-0.2, -0.15) is 0 Å². The molecule has 1 saturated carbocycles. The lowest BCUT2D eigenvalue weighted by Crippen LogP contribution is -2.31. The summed E-state index contributed by atoms with van der Waals surface area (Å²) in [5.41, 5.74) is 1.21. The average Bonchev–Trinajstić information content (AvgIpc) is 2.96. The number of carbonyl (C=O) groups excluding carboxylic acids is 1. The van der Waals surface area contributed by atoms with Gasteiger partial charge in [0.15, 0.2) is 0 Å². The fraction of sp³-hybridized carbons (Fsp3) is 0.600. The molecule has 16 heavy (non-hydrogen) atoms. The molecule has 0 radical (unpaired) electrons. The third-order valence-corrected chi connectivity index (χ3v) is 3.21. The third kappa shape index (κ3) is 3.73. The van der Waals surface area contributed by atoms with Crippen LogP contribution in [0.15, 0.2) is 5.38 Å². The van der Waals surface area contributed by atoms with Crippen molar-refractivity contribution in [2.45, 2.75) is 25.3 Å². The number of hydrogen-bond acceptors (Lipinski definition) is 4. The summed E-state index contributed by atoms with van der Waals surface area (Å²) in [5.74, 6) is 0.712. The van der Waals surface area contributed by atoms with E-state index in [0.717, 1.165) is 5.01 Å². The van der Waals surface area contributed by atoms with Gasteiger partial charge >= 0.3 is 0 Å². The summed E-state index contributed by atoms with van der Waals surface area (Å²) >= 11 is 1.63. The lowest BCUT2D eigenvalue weighted by molar-refractivity contribution is -0.120. The van der Waals surface area contributed by atoms with E-state index in [4.69, 9.17) is 0 Å². The highest BCUT2D eigenvalue weighted by Gasteiger charge is 2.25. The van der Waals surface area contributed by atoms with E-state index in [0.29, 0.717) is 19.0 Å². The average molecular weight is 262 g/mol. The van der Waals surface area contributed by atoms with E-state index in [1.54, 1.807) is 18.4 Å². The first kappa shape index (κ1) is 13.4. The quantitative estimate of drug-likeness (QED) is 0.840. The van der Waals surface area contributed by atoms with Gasteiger partial charge in [-0.15, -0.1) is 23.7 Å². The molecular weight excluding hydrogens is 246 g/mol. The lowest BCUT2D eigenvalue weighted by atomic mass is 10.3. The van der Waals surface area contributed by atoms with E-state index in [-0.39, 0.29) is 18.3 Å². The molecule has 4 nitrogen and oxygen atoms in total. The first-order chi connectivity index (χ1) is 7.29. The topological polar surface area (TPSA) is 54.0 Å². The Morgan fingerprint density at radius 3 is 3.00 bits per heavy atom. The van der Waals surface area contributed by atoms with Crippen molar-refractivity contribution in [3.8, 4) is 0 Å². The second-order valence-corrected chi connectivity index (χ2v) is 4.69. The van der Waals surface area contributed by atoms with Gasteiger partial charge in [-0.05, 0) is 19.9 Å². The van der Waals surface area contributed by atoms with Crippen LogP contribution in [0.5, 0.6) is 0 Å². The number of thiazole rings is 1. The Morgan fingerprint density at radius 2 is 2.38 bits per heavy atom. The maximum atomic E-state index is 11.2. The van der Waals surface area contributed by atoms with Gasteiger partial charge in [-0.25, -0.2) is 4.98 Å². The molecule has 0 bridgehead atoms. The van der Waals surface area contributed by atoms with E-state index in [9.17, 15) is 4.79 Å². The van der Waals surface area contributed by atoms with Crippen molar-refractivity contribution >= 4 is 29.7 Å². The number of carbonyl (C=O) groups is 1. The van der Waals surface area contributed by atoms with Gasteiger partial charge < -0.3 is 10.6 Å². The second kappa shape index (κ2) is 6.18. The molecule has 1 aromatic rings. The fourth-order valence-electron chi connectivity index (χ4n) is 1.37. The van der Waals surface area contributed by atoms with Crippen LogP contribution in [-0.2, 0) is 11.3 Å². The molecule has 1 aromatic heterocycles. The molecule has 0 spiro atoms. The van der Waals surface area contributed by atoms with Crippen LogP contribution in [0.3, 0.4) is 0 Å². The smallest absolute Gasteiger partial charge is 0.234 e. The highest BCUT2D eigenvalue weighted by atomic mass is 35.5. The number of amides is 1. The summed E-state index contributed by atoms with van der Waals surface area (Å²) < 4.78 is 0. The monoisotopic (exact) mass is 261 g/mol. The van der Waals surface area contributed by atoms with Gasteiger partial charge in [-0.3, -0.25) is 4.79 Å². The molecule has 1 aliphatic carbocycles. The molecule has 2 rings (SSSR count). The van der Waals surface area contributed by atoms with Crippen LogP contribution < -0.4 is 10.6 Å². The molecule has 0 aromatic carbocycles. The highest BCUT2D eigenvalue weighted by molar-refractivity contribution is 7.09. The van der Waals surface area contributed by atoms with E-state index in [2.05, 4.69) is 21.0 Å². The Labute approximate surface area is 105 Å². The Kier molecular flexibility index (Phi) is 5.18. The first-order valence-electron chi connectivity index (χ1n) is 5.15. The summed E-state index contributed by atoms with van der Waals surface area (Å²) in [5, 5.41) is 8.74. The minimum atomic E-state index is 0. The van der Waals surface area contributed by atoms with Gasteiger partial charge in [0.25, 0.3) is 0 Å². The number of nitrogens with zero attached hydrogens (tertiary/aromatic N) is 1. The number of likely N-dealkylation sites (N-methyl/N-ethyl adjacent to an activating group) is 1. The normalized spacial score (nSPS) is 14.3. The fourth-order valence-corrected chi connectivity index (χ4v) is 2.19. The lowest BCUT2D eigenvalue weighted by Gasteiger charge is -2.01. The molecule has 0 saturated heterocycles. The van der Waals surface area contributed by atoms with Crippen molar-refractivity contribution in [1.82, 2.24) is 15.6 Å². The summed E-state index contributed by atoms with van der Waals surface area (Å²) in [6.45, 7) is 0.915. The number of rotatable bonds is 5. The number of halogens is 1. The van der Waals surface area contributed by atoms with Crippen molar-refractivity contribution in [3.05, 3.63) is 16.1 Å². The summed E-state index contributed by atoms with van der Waals surface area (Å²) in [6, 6.07) is 0. The van der Waals surface area contributed by atoms with E-state index < -0.39 is 0 Å². The van der Waals surface area contributed by atoms with Crippen LogP contribution in [0.25, 0.3) is 0 Å². The van der Waals surface area contributed by atoms with Crippen LogP contribution in [0.1, 0.15) is 29.5 Å². The van der Waals surface area contributed by atoms with Crippen molar-refractivity contribution in [1.29, 1.82) is 0 Å². The Bertz CT molecular complexity index is 352. The molecule has 1 fully saturated rings. The molecule has 1 heterocycles. The van der Waals surface area contributed by atoms with Crippen LogP contribution >= 0.6 is 23.7 Å². The molecule has 1 aliphatic rings. The minimum Gasteiger partial charge on any atom is -0.348 e. The maximum Gasteiger partial charge on any atom is 0.234 e. The highest BCUT2D eigenvalue weighted by Crippen LogP contribution is 2.40. The van der Waals surface area contributed by atoms with Crippen LogP contribution in [-0.4, -0.2) is 24.5 Å². The van der Waals surface area contributed by atoms with Crippen LogP contribution in [0.4, 0.5) is 0 Å². The van der Waals surface area contributed by atoms with Crippen molar-refractivity contribution in [3.63, 3.8) is 0 Å². The third-order valence-electron chi connectivity index (χ3n) is 2.34. The largest absolute Gasteiger partial charge is 0.348 e.